The van der Waals surface area contributed by atoms with Crippen LogP contribution in [0.2, 0.25) is 0 Å². The van der Waals surface area contributed by atoms with Crippen molar-refractivity contribution in [3.8, 4) is 0 Å². The van der Waals surface area contributed by atoms with Gasteiger partial charge in [-0.1, -0.05) is 32.0 Å². The fourth-order valence-corrected chi connectivity index (χ4v) is 4.39. The van der Waals surface area contributed by atoms with E-state index in [1.165, 1.54) is 5.69 Å². The molecule has 0 saturated heterocycles. The number of para-hydroxylation sites is 1. The van der Waals surface area contributed by atoms with Crippen LogP contribution < -0.4 is 10.6 Å². The zero-order valence-electron chi connectivity index (χ0n) is 12.9. The molecule has 2 aromatic carbocycles. The van der Waals surface area contributed by atoms with Crippen molar-refractivity contribution >= 4 is 17.1 Å². The van der Waals surface area contributed by atoms with Crippen LogP contribution in [0.4, 0.5) is 17.1 Å². The molecular formula is C19H22N2. The van der Waals surface area contributed by atoms with Gasteiger partial charge in [0, 0.05) is 22.6 Å². The highest BCUT2D eigenvalue weighted by atomic mass is 15.1. The Kier molecular flexibility index (Phi) is 2.45. The van der Waals surface area contributed by atoms with Crippen LogP contribution in [0.3, 0.4) is 0 Å². The van der Waals surface area contributed by atoms with Crippen molar-refractivity contribution in [2.24, 2.45) is 17.3 Å². The SMILES string of the molecule is CC1(C)C2C1C2(C)Nc1ccc(Nc2ccccc2)cc1. The summed E-state index contributed by atoms with van der Waals surface area (Å²) < 4.78 is 0. The maximum absolute atomic E-state index is 3.71. The quantitative estimate of drug-likeness (QED) is 0.832. The van der Waals surface area contributed by atoms with Gasteiger partial charge in [-0.05, 0) is 60.6 Å². The Labute approximate surface area is 126 Å². The molecule has 2 unspecified atom stereocenters. The summed E-state index contributed by atoms with van der Waals surface area (Å²) in [5.41, 5.74) is 4.36. The minimum atomic E-state index is 0.331. The van der Waals surface area contributed by atoms with Gasteiger partial charge in [0.05, 0.1) is 0 Å². The van der Waals surface area contributed by atoms with Gasteiger partial charge >= 0.3 is 0 Å². The lowest BCUT2D eigenvalue weighted by Gasteiger charge is -2.29. The molecule has 4 rings (SSSR count). The summed E-state index contributed by atoms with van der Waals surface area (Å²) >= 11 is 0. The minimum absolute atomic E-state index is 0.331. The van der Waals surface area contributed by atoms with E-state index in [4.69, 9.17) is 0 Å². The van der Waals surface area contributed by atoms with E-state index in [1.807, 2.05) is 18.2 Å². The average molecular weight is 278 g/mol. The van der Waals surface area contributed by atoms with E-state index in [-0.39, 0.29) is 0 Å². The molecule has 2 atom stereocenters. The molecule has 2 aromatic rings. The number of benzene rings is 2. The molecule has 2 heteroatoms. The summed E-state index contributed by atoms with van der Waals surface area (Å²) in [5.74, 6) is 1.71. The molecule has 2 aliphatic carbocycles. The van der Waals surface area contributed by atoms with E-state index in [0.29, 0.717) is 11.0 Å². The largest absolute Gasteiger partial charge is 0.379 e. The fourth-order valence-electron chi connectivity index (χ4n) is 4.39. The number of hydrogen-bond donors (Lipinski definition) is 2. The van der Waals surface area contributed by atoms with Crippen LogP contribution in [0.5, 0.6) is 0 Å². The van der Waals surface area contributed by atoms with Crippen LogP contribution in [-0.4, -0.2) is 5.54 Å². The maximum atomic E-state index is 3.71. The topological polar surface area (TPSA) is 24.1 Å². The van der Waals surface area contributed by atoms with Crippen LogP contribution in [0, 0.1) is 17.3 Å². The molecular weight excluding hydrogens is 256 g/mol. The predicted octanol–water partition coefficient (Wildman–Crippen LogP) is 4.89. The van der Waals surface area contributed by atoms with Crippen LogP contribution in [-0.2, 0) is 0 Å². The van der Waals surface area contributed by atoms with Gasteiger partial charge in [0.1, 0.15) is 0 Å². The van der Waals surface area contributed by atoms with Gasteiger partial charge in [0.15, 0.2) is 0 Å². The Morgan fingerprint density at radius 3 is 1.81 bits per heavy atom. The van der Waals surface area contributed by atoms with Gasteiger partial charge in [-0.25, -0.2) is 0 Å². The van der Waals surface area contributed by atoms with Crippen molar-refractivity contribution in [2.75, 3.05) is 10.6 Å². The third-order valence-corrected chi connectivity index (χ3v) is 5.37. The summed E-state index contributed by atoms with van der Waals surface area (Å²) in [6.07, 6.45) is 0. The van der Waals surface area contributed by atoms with Crippen molar-refractivity contribution in [3.63, 3.8) is 0 Å². The standard InChI is InChI=1S/C19H22N2/c1-18(2)16-17(18)19(16,3)21-15-11-9-14(10-12-15)20-13-7-5-4-6-8-13/h4-12,16-17,20-21H,1-3H3. The van der Waals surface area contributed by atoms with Crippen molar-refractivity contribution in [1.82, 2.24) is 0 Å². The van der Waals surface area contributed by atoms with E-state index in [1.54, 1.807) is 0 Å². The molecule has 21 heavy (non-hydrogen) atoms. The summed E-state index contributed by atoms with van der Waals surface area (Å²) in [5, 5.41) is 7.12. The molecule has 0 heterocycles. The normalized spacial score (nSPS) is 31.2. The van der Waals surface area contributed by atoms with E-state index in [9.17, 15) is 0 Å². The van der Waals surface area contributed by atoms with E-state index in [2.05, 4.69) is 67.8 Å². The van der Waals surface area contributed by atoms with E-state index in [0.717, 1.165) is 23.2 Å². The lowest BCUT2D eigenvalue weighted by Crippen LogP contribution is -2.33. The zero-order chi connectivity index (χ0) is 14.7. The number of fused-ring (bicyclic) bond motifs is 1. The molecule has 0 aromatic heterocycles. The lowest BCUT2D eigenvalue weighted by atomic mass is 9.88. The molecule has 0 amide bonds. The molecule has 2 N–H and O–H groups in total. The summed E-state index contributed by atoms with van der Waals surface area (Å²) in [4.78, 5) is 0. The van der Waals surface area contributed by atoms with E-state index >= 15 is 0 Å². The number of hydrogen-bond acceptors (Lipinski definition) is 2. The predicted molar refractivity (Wildman–Crippen MR) is 89.0 cm³/mol. The van der Waals surface area contributed by atoms with Gasteiger partial charge in [-0.15, -0.1) is 0 Å². The highest BCUT2D eigenvalue weighted by Crippen LogP contribution is 2.83. The first kappa shape index (κ1) is 12.8. The Morgan fingerprint density at radius 1 is 0.714 bits per heavy atom. The van der Waals surface area contributed by atoms with Crippen LogP contribution >= 0.6 is 0 Å². The second-order valence-electron chi connectivity index (χ2n) is 7.25. The average Bonchev–Trinajstić information content (AvgIpc) is 3.30. The fraction of sp³-hybridized carbons (Fsp3) is 0.368. The van der Waals surface area contributed by atoms with Gasteiger partial charge in [0.2, 0.25) is 0 Å². The first-order valence-corrected chi connectivity index (χ1v) is 7.72. The summed E-state index contributed by atoms with van der Waals surface area (Å²) in [7, 11) is 0. The third kappa shape index (κ3) is 1.93. The van der Waals surface area contributed by atoms with Crippen molar-refractivity contribution in [2.45, 2.75) is 26.3 Å². The Hall–Kier alpha value is -1.96. The summed E-state index contributed by atoms with van der Waals surface area (Å²) in [6, 6.07) is 18.9. The maximum Gasteiger partial charge on any atom is 0.0419 e. The van der Waals surface area contributed by atoms with Crippen LogP contribution in [0.25, 0.3) is 0 Å². The number of anilines is 3. The van der Waals surface area contributed by atoms with Crippen molar-refractivity contribution < 1.29 is 0 Å². The Morgan fingerprint density at radius 2 is 1.24 bits per heavy atom. The molecule has 0 aliphatic heterocycles. The second-order valence-corrected chi connectivity index (χ2v) is 7.25. The highest BCUT2D eigenvalue weighted by Gasteiger charge is 2.86. The summed E-state index contributed by atoms with van der Waals surface area (Å²) in [6.45, 7) is 7.10. The smallest absolute Gasteiger partial charge is 0.0419 e. The molecule has 108 valence electrons. The lowest BCUT2D eigenvalue weighted by molar-refractivity contribution is 0.353. The minimum Gasteiger partial charge on any atom is -0.379 e. The highest BCUT2D eigenvalue weighted by molar-refractivity contribution is 5.63. The molecule has 2 saturated carbocycles. The zero-order valence-corrected chi connectivity index (χ0v) is 12.9. The van der Waals surface area contributed by atoms with E-state index < -0.39 is 0 Å². The third-order valence-electron chi connectivity index (χ3n) is 5.37. The Bertz CT molecular complexity index is 646. The second kappa shape index (κ2) is 4.03. The number of nitrogens with one attached hydrogen (secondary N) is 2. The molecule has 2 fully saturated rings. The molecule has 0 spiro atoms. The monoisotopic (exact) mass is 278 g/mol. The van der Waals surface area contributed by atoms with Crippen molar-refractivity contribution in [1.29, 1.82) is 0 Å². The van der Waals surface area contributed by atoms with Crippen molar-refractivity contribution in [3.05, 3.63) is 54.6 Å². The van der Waals surface area contributed by atoms with Gasteiger partial charge in [-0.2, -0.15) is 0 Å². The molecule has 0 bridgehead atoms. The van der Waals surface area contributed by atoms with Gasteiger partial charge in [0.25, 0.3) is 0 Å². The Balaban J connectivity index is 1.41. The van der Waals surface area contributed by atoms with Gasteiger partial charge in [-0.3, -0.25) is 0 Å². The first-order valence-electron chi connectivity index (χ1n) is 7.72. The number of rotatable bonds is 4. The first-order chi connectivity index (χ1) is 10.0. The van der Waals surface area contributed by atoms with Crippen LogP contribution in [0.15, 0.2) is 54.6 Å². The molecule has 0 radical (unpaired) electrons. The van der Waals surface area contributed by atoms with Crippen LogP contribution in [0.1, 0.15) is 20.8 Å². The van der Waals surface area contributed by atoms with Gasteiger partial charge < -0.3 is 10.6 Å². The molecule has 2 nitrogen and oxygen atoms in total. The molecule has 2 aliphatic rings.